The molecule has 5 nitrogen and oxygen atoms in total. The zero-order chi connectivity index (χ0) is 14.5. The van der Waals surface area contributed by atoms with E-state index in [1.54, 1.807) is 0 Å². The lowest BCUT2D eigenvalue weighted by molar-refractivity contribution is -0.143. The van der Waals surface area contributed by atoms with Crippen LogP contribution in [0, 0.1) is 12.8 Å². The number of aromatic nitrogens is 1. The first-order valence-electron chi connectivity index (χ1n) is 7.09. The van der Waals surface area contributed by atoms with Gasteiger partial charge in [0, 0.05) is 18.3 Å². The molecule has 0 bridgehead atoms. The van der Waals surface area contributed by atoms with Gasteiger partial charge >= 0.3 is 5.97 Å². The molecule has 1 aliphatic rings. The maximum absolute atomic E-state index is 11.3. The van der Waals surface area contributed by atoms with Crippen LogP contribution in [0.25, 0.3) is 0 Å². The Hall–Kier alpha value is -1.46. The van der Waals surface area contributed by atoms with Gasteiger partial charge in [-0.25, -0.2) is 0 Å². The summed E-state index contributed by atoms with van der Waals surface area (Å²) in [5, 5.41) is 9.29. The van der Waals surface area contributed by atoms with Crippen molar-refractivity contribution >= 4 is 5.97 Å². The van der Waals surface area contributed by atoms with Crippen LogP contribution in [0.5, 0.6) is 0 Å². The number of aryl methyl sites for hydroxylation is 1. The minimum atomic E-state index is -0.772. The van der Waals surface area contributed by atoms with Gasteiger partial charge in [0.15, 0.2) is 0 Å². The number of pyridine rings is 1. The van der Waals surface area contributed by atoms with E-state index < -0.39 is 11.9 Å². The Morgan fingerprint density at radius 2 is 2.30 bits per heavy atom. The quantitative estimate of drug-likeness (QED) is 0.858. The van der Waals surface area contributed by atoms with Crippen LogP contribution in [-0.4, -0.2) is 46.8 Å². The molecule has 0 saturated carbocycles. The molecule has 0 amide bonds. The lowest BCUT2D eigenvalue weighted by Crippen LogP contribution is -2.43. The zero-order valence-electron chi connectivity index (χ0n) is 12.1. The third-order valence-corrected chi connectivity index (χ3v) is 3.66. The van der Waals surface area contributed by atoms with Crippen LogP contribution in [0.15, 0.2) is 18.2 Å². The fourth-order valence-electron chi connectivity index (χ4n) is 2.68. The Labute approximate surface area is 119 Å². The molecule has 2 rings (SSSR count). The summed E-state index contributed by atoms with van der Waals surface area (Å²) in [5.41, 5.74) is 1.96. The number of aliphatic carboxylic acids is 1. The van der Waals surface area contributed by atoms with Gasteiger partial charge in [-0.2, -0.15) is 0 Å². The molecule has 2 atom stereocenters. The summed E-state index contributed by atoms with van der Waals surface area (Å²) < 4.78 is 5.38. The van der Waals surface area contributed by atoms with E-state index in [4.69, 9.17) is 4.74 Å². The average molecular weight is 278 g/mol. The molecule has 0 aromatic carbocycles. The average Bonchev–Trinajstić information content (AvgIpc) is 2.87. The van der Waals surface area contributed by atoms with Crippen LogP contribution >= 0.6 is 0 Å². The second kappa shape index (κ2) is 6.81. The number of carbonyl (C=O) groups is 1. The molecule has 20 heavy (non-hydrogen) atoms. The third-order valence-electron chi connectivity index (χ3n) is 3.66. The Kier molecular flexibility index (Phi) is 5.09. The Bertz CT molecular complexity index is 464. The van der Waals surface area contributed by atoms with Crippen molar-refractivity contribution in [1.82, 2.24) is 9.88 Å². The van der Waals surface area contributed by atoms with Gasteiger partial charge in [0.2, 0.25) is 0 Å². The van der Waals surface area contributed by atoms with Crippen LogP contribution in [0.2, 0.25) is 0 Å². The summed E-state index contributed by atoms with van der Waals surface area (Å²) in [6.45, 7) is 6.39. The maximum atomic E-state index is 11.3. The molecule has 1 aromatic heterocycles. The van der Waals surface area contributed by atoms with Gasteiger partial charge in [0.25, 0.3) is 0 Å². The largest absolute Gasteiger partial charge is 0.481 e. The van der Waals surface area contributed by atoms with Crippen LogP contribution < -0.4 is 0 Å². The number of ether oxygens (including phenoxy) is 1. The minimum Gasteiger partial charge on any atom is -0.481 e. The molecule has 1 N–H and O–H groups in total. The number of hydrogen-bond acceptors (Lipinski definition) is 4. The van der Waals surface area contributed by atoms with E-state index in [-0.39, 0.29) is 6.04 Å². The fraction of sp³-hybridized carbons (Fsp3) is 0.600. The molecule has 1 aromatic rings. The maximum Gasteiger partial charge on any atom is 0.310 e. The van der Waals surface area contributed by atoms with Crippen LogP contribution in [0.3, 0.4) is 0 Å². The van der Waals surface area contributed by atoms with Gasteiger partial charge in [0.1, 0.15) is 0 Å². The first-order chi connectivity index (χ1) is 9.61. The summed E-state index contributed by atoms with van der Waals surface area (Å²) in [6.07, 6.45) is 0.981. The van der Waals surface area contributed by atoms with Crippen molar-refractivity contribution in [2.45, 2.75) is 32.9 Å². The summed E-state index contributed by atoms with van der Waals surface area (Å²) in [6, 6.07) is 5.88. The highest BCUT2D eigenvalue weighted by Gasteiger charge is 2.37. The zero-order valence-corrected chi connectivity index (χ0v) is 12.1. The molecule has 2 heterocycles. The Morgan fingerprint density at radius 3 is 2.95 bits per heavy atom. The molecule has 0 radical (unpaired) electrons. The van der Waals surface area contributed by atoms with E-state index in [1.807, 2.05) is 25.1 Å². The Balaban J connectivity index is 2.12. The summed E-state index contributed by atoms with van der Waals surface area (Å²) in [7, 11) is 0. The van der Waals surface area contributed by atoms with Gasteiger partial charge < -0.3 is 9.84 Å². The highest BCUT2D eigenvalue weighted by molar-refractivity contribution is 5.71. The Morgan fingerprint density at radius 1 is 1.50 bits per heavy atom. The van der Waals surface area contributed by atoms with Crippen molar-refractivity contribution in [3.63, 3.8) is 0 Å². The standard InChI is InChI=1S/C15H22N2O3/c1-3-7-17(8-12-6-4-5-11(2)16-12)14-10-20-9-13(14)15(18)19/h4-6,13-14H,3,7-10H2,1-2H3,(H,18,19). The molecular weight excluding hydrogens is 256 g/mol. The first kappa shape index (κ1) is 14.9. The molecule has 5 heteroatoms. The summed E-state index contributed by atoms with van der Waals surface area (Å²) in [5.74, 6) is -1.21. The van der Waals surface area contributed by atoms with Crippen LogP contribution in [0.4, 0.5) is 0 Å². The van der Waals surface area contributed by atoms with Crippen LogP contribution in [0.1, 0.15) is 24.7 Å². The molecule has 0 spiro atoms. The molecule has 1 fully saturated rings. The monoisotopic (exact) mass is 278 g/mol. The number of hydrogen-bond donors (Lipinski definition) is 1. The topological polar surface area (TPSA) is 62.7 Å². The van der Waals surface area contributed by atoms with Crippen molar-refractivity contribution in [2.75, 3.05) is 19.8 Å². The highest BCUT2D eigenvalue weighted by Crippen LogP contribution is 2.22. The molecule has 1 saturated heterocycles. The van der Waals surface area contributed by atoms with E-state index in [0.717, 1.165) is 24.4 Å². The third kappa shape index (κ3) is 3.55. The smallest absolute Gasteiger partial charge is 0.310 e. The van der Waals surface area contributed by atoms with Gasteiger partial charge in [-0.3, -0.25) is 14.7 Å². The van der Waals surface area contributed by atoms with Crippen molar-refractivity contribution in [3.05, 3.63) is 29.6 Å². The number of carboxylic acids is 1. The van der Waals surface area contributed by atoms with E-state index in [1.165, 1.54) is 0 Å². The normalized spacial score (nSPS) is 22.4. The van der Waals surface area contributed by atoms with Crippen molar-refractivity contribution in [3.8, 4) is 0 Å². The lowest BCUT2D eigenvalue weighted by atomic mass is 10.0. The van der Waals surface area contributed by atoms with Crippen molar-refractivity contribution in [2.24, 2.45) is 5.92 Å². The van der Waals surface area contributed by atoms with E-state index in [2.05, 4.69) is 16.8 Å². The van der Waals surface area contributed by atoms with E-state index in [0.29, 0.717) is 19.8 Å². The van der Waals surface area contributed by atoms with Crippen LogP contribution in [-0.2, 0) is 16.1 Å². The highest BCUT2D eigenvalue weighted by atomic mass is 16.5. The van der Waals surface area contributed by atoms with Crippen molar-refractivity contribution < 1.29 is 14.6 Å². The van der Waals surface area contributed by atoms with Gasteiger partial charge in [0.05, 0.1) is 24.8 Å². The predicted octanol–water partition coefficient (Wildman–Crippen LogP) is 1.70. The second-order valence-corrected chi connectivity index (χ2v) is 5.29. The minimum absolute atomic E-state index is 0.0604. The molecule has 0 aliphatic carbocycles. The molecule has 2 unspecified atom stereocenters. The van der Waals surface area contributed by atoms with Gasteiger partial charge in [-0.1, -0.05) is 13.0 Å². The van der Waals surface area contributed by atoms with Crippen molar-refractivity contribution in [1.29, 1.82) is 0 Å². The first-order valence-corrected chi connectivity index (χ1v) is 7.09. The number of rotatable bonds is 6. The summed E-state index contributed by atoms with van der Waals surface area (Å²) in [4.78, 5) is 18.0. The number of carboxylic acid groups (broad SMARTS) is 1. The summed E-state index contributed by atoms with van der Waals surface area (Å²) >= 11 is 0. The SMILES string of the molecule is CCCN(Cc1cccc(C)n1)C1COCC1C(=O)O. The molecule has 110 valence electrons. The number of nitrogens with zero attached hydrogens (tertiary/aromatic N) is 2. The lowest BCUT2D eigenvalue weighted by Gasteiger charge is -2.29. The van der Waals surface area contributed by atoms with E-state index in [9.17, 15) is 9.90 Å². The van der Waals surface area contributed by atoms with E-state index >= 15 is 0 Å². The van der Waals surface area contributed by atoms with Gasteiger partial charge in [-0.05, 0) is 32.0 Å². The predicted molar refractivity (Wildman–Crippen MR) is 75.4 cm³/mol. The van der Waals surface area contributed by atoms with Gasteiger partial charge in [-0.15, -0.1) is 0 Å². The molecule has 1 aliphatic heterocycles. The second-order valence-electron chi connectivity index (χ2n) is 5.29. The molecular formula is C15H22N2O3. The fourth-order valence-corrected chi connectivity index (χ4v) is 2.68.